The molecule has 0 aliphatic heterocycles. The minimum atomic E-state index is -0.497. The van der Waals surface area contributed by atoms with E-state index in [4.69, 9.17) is 5.73 Å². The summed E-state index contributed by atoms with van der Waals surface area (Å²) in [4.78, 5) is 11.1. The summed E-state index contributed by atoms with van der Waals surface area (Å²) in [5.41, 5.74) is 6.93. The van der Waals surface area contributed by atoms with Gasteiger partial charge in [-0.1, -0.05) is 36.9 Å². The zero-order valence-corrected chi connectivity index (χ0v) is 8.07. The predicted octanol–water partition coefficient (Wildman–Crippen LogP) is 1.42. The molecule has 3 heteroatoms. The molecule has 3 nitrogen and oxygen atoms in total. The molecule has 0 aromatic heterocycles. The number of rotatable bonds is 3. The first-order valence-corrected chi connectivity index (χ1v) is 4.24. The Hall–Kier alpha value is -1.61. The number of hydrogen-bond acceptors (Lipinski definition) is 3. The van der Waals surface area contributed by atoms with Gasteiger partial charge in [0, 0.05) is 0 Å². The molecule has 1 aromatic carbocycles. The van der Waals surface area contributed by atoms with Gasteiger partial charge in [-0.2, -0.15) is 0 Å². The Morgan fingerprint density at radius 3 is 2.50 bits per heavy atom. The average molecular weight is 191 g/mol. The largest absolute Gasteiger partial charge is 0.466 e. The van der Waals surface area contributed by atoms with Gasteiger partial charge in [-0.25, -0.2) is 4.79 Å². The Bertz CT molecular complexity index is 332. The summed E-state index contributed by atoms with van der Waals surface area (Å²) in [6.45, 7) is 3.60. The number of esters is 1. The molecule has 14 heavy (non-hydrogen) atoms. The Labute approximate surface area is 83.2 Å². The van der Waals surface area contributed by atoms with Gasteiger partial charge >= 0.3 is 5.97 Å². The van der Waals surface area contributed by atoms with E-state index >= 15 is 0 Å². The smallest absolute Gasteiger partial charge is 0.335 e. The van der Waals surface area contributed by atoms with Gasteiger partial charge in [0.2, 0.25) is 0 Å². The van der Waals surface area contributed by atoms with Crippen molar-refractivity contribution >= 4 is 5.97 Å². The third-order valence-electron chi connectivity index (χ3n) is 1.98. The molecule has 0 aliphatic carbocycles. The van der Waals surface area contributed by atoms with E-state index in [2.05, 4.69) is 11.3 Å². The van der Waals surface area contributed by atoms with Gasteiger partial charge in [0.1, 0.15) is 0 Å². The number of carbonyl (C=O) groups is 1. The van der Waals surface area contributed by atoms with Crippen LogP contribution in [0.2, 0.25) is 0 Å². The molecular weight excluding hydrogens is 178 g/mol. The average Bonchev–Trinajstić information content (AvgIpc) is 2.27. The van der Waals surface area contributed by atoms with Crippen LogP contribution in [-0.2, 0) is 9.53 Å². The third kappa shape index (κ3) is 2.20. The molecule has 1 aromatic rings. The van der Waals surface area contributed by atoms with E-state index in [1.807, 2.05) is 30.3 Å². The summed E-state index contributed by atoms with van der Waals surface area (Å²) in [5.74, 6) is -0.471. The van der Waals surface area contributed by atoms with Crippen LogP contribution in [0.4, 0.5) is 0 Å². The Morgan fingerprint density at radius 2 is 2.00 bits per heavy atom. The highest BCUT2D eigenvalue weighted by Gasteiger charge is 2.16. The van der Waals surface area contributed by atoms with E-state index in [0.717, 1.165) is 5.56 Å². The fraction of sp³-hybridized carbons (Fsp3) is 0.182. The zero-order valence-electron chi connectivity index (χ0n) is 8.07. The highest BCUT2D eigenvalue weighted by molar-refractivity contribution is 5.89. The van der Waals surface area contributed by atoms with Crippen LogP contribution in [0, 0.1) is 0 Å². The maximum Gasteiger partial charge on any atom is 0.335 e. The topological polar surface area (TPSA) is 52.3 Å². The van der Waals surface area contributed by atoms with Crippen molar-refractivity contribution < 1.29 is 9.53 Å². The maximum absolute atomic E-state index is 11.1. The van der Waals surface area contributed by atoms with E-state index in [1.165, 1.54) is 7.11 Å². The predicted molar refractivity (Wildman–Crippen MR) is 54.5 cm³/mol. The lowest BCUT2D eigenvalue weighted by molar-refractivity contribution is -0.136. The standard InChI is InChI=1S/C11H13NO2/c1-8(11(13)14-2)10(12)9-6-4-3-5-7-9/h3-7,10H,1,12H2,2H3/t10-/m0/s1. The number of carbonyl (C=O) groups excluding carboxylic acids is 1. The second-order valence-electron chi connectivity index (χ2n) is 2.91. The van der Waals surface area contributed by atoms with Gasteiger partial charge in [-0.05, 0) is 5.56 Å². The normalized spacial score (nSPS) is 11.9. The molecule has 74 valence electrons. The van der Waals surface area contributed by atoms with Gasteiger partial charge in [-0.15, -0.1) is 0 Å². The second-order valence-corrected chi connectivity index (χ2v) is 2.91. The lowest BCUT2D eigenvalue weighted by Gasteiger charge is -2.12. The highest BCUT2D eigenvalue weighted by atomic mass is 16.5. The van der Waals surface area contributed by atoms with E-state index in [9.17, 15) is 4.79 Å². The number of nitrogens with two attached hydrogens (primary N) is 1. The van der Waals surface area contributed by atoms with Crippen molar-refractivity contribution in [3.05, 3.63) is 48.0 Å². The summed E-state index contributed by atoms with van der Waals surface area (Å²) >= 11 is 0. The summed E-state index contributed by atoms with van der Waals surface area (Å²) in [6.07, 6.45) is 0. The molecule has 0 spiro atoms. The van der Waals surface area contributed by atoms with E-state index < -0.39 is 12.0 Å². The van der Waals surface area contributed by atoms with Crippen molar-refractivity contribution in [1.29, 1.82) is 0 Å². The quantitative estimate of drug-likeness (QED) is 0.580. The summed E-state index contributed by atoms with van der Waals surface area (Å²) < 4.78 is 4.54. The summed E-state index contributed by atoms with van der Waals surface area (Å²) in [5, 5.41) is 0. The Morgan fingerprint density at radius 1 is 1.43 bits per heavy atom. The molecular formula is C11H13NO2. The SMILES string of the molecule is C=C(C(=O)OC)[C@H](N)c1ccccc1. The Kier molecular flexibility index (Phi) is 3.42. The molecule has 1 rings (SSSR count). The van der Waals surface area contributed by atoms with Gasteiger partial charge in [0.05, 0.1) is 18.7 Å². The van der Waals surface area contributed by atoms with E-state index in [1.54, 1.807) is 0 Å². The number of benzene rings is 1. The van der Waals surface area contributed by atoms with E-state index in [0.29, 0.717) is 0 Å². The fourth-order valence-corrected chi connectivity index (χ4v) is 1.12. The van der Waals surface area contributed by atoms with Crippen molar-refractivity contribution in [2.45, 2.75) is 6.04 Å². The van der Waals surface area contributed by atoms with Crippen LogP contribution in [0.25, 0.3) is 0 Å². The first-order chi connectivity index (χ1) is 6.66. The first kappa shape index (κ1) is 10.5. The maximum atomic E-state index is 11.1. The van der Waals surface area contributed by atoms with Crippen LogP contribution >= 0.6 is 0 Å². The van der Waals surface area contributed by atoms with E-state index in [-0.39, 0.29) is 5.57 Å². The summed E-state index contributed by atoms with van der Waals surface area (Å²) in [7, 11) is 1.31. The van der Waals surface area contributed by atoms with Gasteiger partial charge < -0.3 is 10.5 Å². The zero-order chi connectivity index (χ0) is 10.6. The lowest BCUT2D eigenvalue weighted by atomic mass is 10.0. The first-order valence-electron chi connectivity index (χ1n) is 4.24. The molecule has 0 saturated carbocycles. The van der Waals surface area contributed by atoms with Crippen LogP contribution < -0.4 is 5.73 Å². The molecule has 0 amide bonds. The molecule has 0 aliphatic rings. The molecule has 0 heterocycles. The molecule has 1 atom stereocenters. The van der Waals surface area contributed by atoms with Gasteiger partial charge in [0.15, 0.2) is 0 Å². The molecule has 0 bridgehead atoms. The third-order valence-corrected chi connectivity index (χ3v) is 1.98. The minimum Gasteiger partial charge on any atom is -0.466 e. The van der Waals surface area contributed by atoms with Gasteiger partial charge in [0.25, 0.3) is 0 Å². The number of hydrogen-bond donors (Lipinski definition) is 1. The van der Waals surface area contributed by atoms with Crippen molar-refractivity contribution in [2.75, 3.05) is 7.11 Å². The lowest BCUT2D eigenvalue weighted by Crippen LogP contribution is -2.19. The monoisotopic (exact) mass is 191 g/mol. The number of methoxy groups -OCH3 is 1. The van der Waals surface area contributed by atoms with Crippen LogP contribution in [-0.4, -0.2) is 13.1 Å². The van der Waals surface area contributed by atoms with Crippen molar-refractivity contribution in [1.82, 2.24) is 0 Å². The molecule has 0 fully saturated rings. The van der Waals surface area contributed by atoms with Crippen LogP contribution in [0.3, 0.4) is 0 Å². The van der Waals surface area contributed by atoms with Crippen LogP contribution in [0.1, 0.15) is 11.6 Å². The molecule has 0 radical (unpaired) electrons. The Balaban J connectivity index is 2.81. The fourth-order valence-electron chi connectivity index (χ4n) is 1.12. The summed E-state index contributed by atoms with van der Waals surface area (Å²) in [6, 6.07) is 8.80. The molecule has 2 N–H and O–H groups in total. The minimum absolute atomic E-state index is 0.263. The van der Waals surface area contributed by atoms with Crippen LogP contribution in [0.15, 0.2) is 42.5 Å². The van der Waals surface area contributed by atoms with Crippen LogP contribution in [0.5, 0.6) is 0 Å². The van der Waals surface area contributed by atoms with Crippen molar-refractivity contribution in [3.63, 3.8) is 0 Å². The molecule has 0 unspecified atom stereocenters. The second kappa shape index (κ2) is 4.58. The highest BCUT2D eigenvalue weighted by Crippen LogP contribution is 2.17. The molecule has 0 saturated heterocycles. The van der Waals surface area contributed by atoms with Crippen molar-refractivity contribution in [2.24, 2.45) is 5.73 Å². The van der Waals surface area contributed by atoms with Crippen molar-refractivity contribution in [3.8, 4) is 0 Å². The number of ether oxygens (including phenoxy) is 1. The van der Waals surface area contributed by atoms with Gasteiger partial charge in [-0.3, -0.25) is 0 Å².